The summed E-state index contributed by atoms with van der Waals surface area (Å²) in [6.45, 7) is 1.56. The number of ether oxygens (including phenoxy) is 3. The van der Waals surface area contributed by atoms with E-state index in [-0.39, 0.29) is 23.7 Å². The molecule has 10 heteroatoms. The number of anilines is 1. The van der Waals surface area contributed by atoms with E-state index in [4.69, 9.17) is 19.9 Å². The molecular weight excluding hydrogens is 306 g/mol. The lowest BCUT2D eigenvalue weighted by Crippen LogP contribution is -2.47. The Morgan fingerprint density at radius 3 is 2.91 bits per heavy atom. The van der Waals surface area contributed by atoms with Crippen LogP contribution in [0.3, 0.4) is 0 Å². The quantitative estimate of drug-likeness (QED) is 0.651. The highest BCUT2D eigenvalue weighted by Crippen LogP contribution is 2.42. The summed E-state index contributed by atoms with van der Waals surface area (Å²) in [7, 11) is 3.04. The van der Waals surface area contributed by atoms with Crippen LogP contribution in [0.4, 0.5) is 5.95 Å². The molecule has 2 aromatic rings. The van der Waals surface area contributed by atoms with Gasteiger partial charge in [0.2, 0.25) is 5.95 Å². The minimum absolute atomic E-state index is 0.0247. The molecule has 0 radical (unpaired) electrons. The Labute approximate surface area is 131 Å². The Bertz CT molecular complexity index is 774. The molecule has 1 fully saturated rings. The molecule has 0 unspecified atom stereocenters. The molecule has 126 valence electrons. The number of methoxy groups -OCH3 is 2. The average Bonchev–Trinajstić information content (AvgIpc) is 3.06. The summed E-state index contributed by atoms with van der Waals surface area (Å²) in [5, 5.41) is 9.54. The normalized spacial score (nSPS) is 31.0. The molecule has 0 aromatic carbocycles. The predicted octanol–water partition coefficient (Wildman–Crippen LogP) is -0.988. The van der Waals surface area contributed by atoms with E-state index in [0.717, 1.165) is 0 Å². The van der Waals surface area contributed by atoms with Crippen LogP contribution >= 0.6 is 0 Å². The number of aromatic amines is 1. The topological polar surface area (TPSA) is 138 Å². The van der Waals surface area contributed by atoms with Crippen LogP contribution in [0.15, 0.2) is 11.1 Å². The van der Waals surface area contributed by atoms with Crippen molar-refractivity contribution in [3.63, 3.8) is 0 Å². The predicted molar refractivity (Wildman–Crippen MR) is 79.8 cm³/mol. The maximum atomic E-state index is 11.9. The van der Waals surface area contributed by atoms with E-state index < -0.39 is 29.6 Å². The van der Waals surface area contributed by atoms with E-state index >= 15 is 0 Å². The highest BCUT2D eigenvalue weighted by molar-refractivity contribution is 5.70. The van der Waals surface area contributed by atoms with Gasteiger partial charge in [-0.1, -0.05) is 0 Å². The zero-order chi connectivity index (χ0) is 16.8. The molecule has 0 saturated carbocycles. The molecule has 4 atom stereocenters. The van der Waals surface area contributed by atoms with Crippen LogP contribution in [0, 0.1) is 0 Å². The van der Waals surface area contributed by atoms with Crippen LogP contribution in [-0.2, 0) is 14.2 Å². The second kappa shape index (κ2) is 5.57. The van der Waals surface area contributed by atoms with Crippen molar-refractivity contribution in [2.24, 2.45) is 0 Å². The highest BCUT2D eigenvalue weighted by atomic mass is 16.6. The number of fused-ring (bicyclic) bond motifs is 1. The lowest BCUT2D eigenvalue weighted by molar-refractivity contribution is -0.125. The summed E-state index contributed by atoms with van der Waals surface area (Å²) < 4.78 is 18.5. The van der Waals surface area contributed by atoms with Crippen molar-refractivity contribution >= 4 is 17.1 Å². The average molecular weight is 325 g/mol. The highest BCUT2D eigenvalue weighted by Gasteiger charge is 2.55. The van der Waals surface area contributed by atoms with E-state index in [2.05, 4.69) is 15.0 Å². The molecule has 4 N–H and O–H groups in total. The third-order valence-electron chi connectivity index (χ3n) is 4.27. The van der Waals surface area contributed by atoms with Gasteiger partial charge in [0.15, 0.2) is 17.4 Å². The van der Waals surface area contributed by atoms with Gasteiger partial charge in [0, 0.05) is 14.2 Å². The fraction of sp³-hybridized carbons (Fsp3) is 0.615. The first-order chi connectivity index (χ1) is 11.0. The first-order valence-electron chi connectivity index (χ1n) is 7.02. The maximum Gasteiger partial charge on any atom is 0.280 e. The van der Waals surface area contributed by atoms with Crippen molar-refractivity contribution in [1.82, 2.24) is 19.5 Å². The summed E-state index contributed by atoms with van der Waals surface area (Å²) in [5.74, 6) is -0.0247. The number of nitrogens with zero attached hydrogens (tertiary/aromatic N) is 3. The third kappa shape index (κ3) is 2.22. The van der Waals surface area contributed by atoms with Crippen molar-refractivity contribution in [2.75, 3.05) is 26.6 Å². The molecule has 1 saturated heterocycles. The second-order valence-corrected chi connectivity index (χ2v) is 5.53. The van der Waals surface area contributed by atoms with Crippen molar-refractivity contribution < 1.29 is 19.3 Å². The first kappa shape index (κ1) is 15.9. The van der Waals surface area contributed by atoms with E-state index in [9.17, 15) is 9.90 Å². The zero-order valence-electron chi connectivity index (χ0n) is 13.0. The van der Waals surface area contributed by atoms with Gasteiger partial charge in [0.1, 0.15) is 17.8 Å². The molecule has 3 heterocycles. The van der Waals surface area contributed by atoms with Gasteiger partial charge in [-0.3, -0.25) is 14.3 Å². The fourth-order valence-corrected chi connectivity index (χ4v) is 3.08. The first-order valence-corrected chi connectivity index (χ1v) is 7.02. The molecule has 1 aliphatic heterocycles. The number of aliphatic hydroxyl groups is 1. The largest absolute Gasteiger partial charge is 0.394 e. The number of aromatic nitrogens is 4. The van der Waals surface area contributed by atoms with Crippen LogP contribution in [0.25, 0.3) is 11.2 Å². The molecule has 0 bridgehead atoms. The van der Waals surface area contributed by atoms with Crippen LogP contribution in [0.5, 0.6) is 0 Å². The minimum Gasteiger partial charge on any atom is -0.394 e. The van der Waals surface area contributed by atoms with Gasteiger partial charge in [0.25, 0.3) is 5.56 Å². The molecule has 0 amide bonds. The smallest absolute Gasteiger partial charge is 0.280 e. The lowest BCUT2D eigenvalue weighted by atomic mass is 9.96. The number of nitrogen functional groups attached to an aromatic ring is 1. The minimum atomic E-state index is -0.922. The van der Waals surface area contributed by atoms with Crippen LogP contribution < -0.4 is 11.3 Å². The summed E-state index contributed by atoms with van der Waals surface area (Å²) in [4.78, 5) is 22.5. The van der Waals surface area contributed by atoms with Gasteiger partial charge < -0.3 is 25.1 Å². The lowest BCUT2D eigenvalue weighted by Gasteiger charge is -2.33. The fourth-order valence-electron chi connectivity index (χ4n) is 3.08. The van der Waals surface area contributed by atoms with Crippen LogP contribution in [0.1, 0.15) is 13.2 Å². The Hall–Kier alpha value is -2.01. The van der Waals surface area contributed by atoms with Gasteiger partial charge >= 0.3 is 0 Å². The molecule has 1 aliphatic rings. The Kier molecular flexibility index (Phi) is 3.84. The summed E-state index contributed by atoms with van der Waals surface area (Å²) >= 11 is 0. The van der Waals surface area contributed by atoms with E-state index in [1.165, 1.54) is 20.5 Å². The monoisotopic (exact) mass is 325 g/mol. The van der Waals surface area contributed by atoms with E-state index in [0.29, 0.717) is 0 Å². The number of hydrogen-bond acceptors (Lipinski definition) is 8. The SMILES string of the molecule is CO[C@@H]1[C@@H](CO)O[C@@H](n2cnc3c(=O)[nH]c(N)nc32)[C@]1(C)OC. The van der Waals surface area contributed by atoms with Crippen LogP contribution in [-0.4, -0.2) is 63.3 Å². The zero-order valence-corrected chi connectivity index (χ0v) is 13.0. The summed E-state index contributed by atoms with van der Waals surface area (Å²) in [6.07, 6.45) is -0.375. The number of imidazole rings is 1. The number of rotatable bonds is 4. The second-order valence-electron chi connectivity index (χ2n) is 5.53. The van der Waals surface area contributed by atoms with Crippen molar-refractivity contribution in [1.29, 1.82) is 0 Å². The Morgan fingerprint density at radius 1 is 1.57 bits per heavy atom. The van der Waals surface area contributed by atoms with Gasteiger partial charge in [-0.15, -0.1) is 0 Å². The van der Waals surface area contributed by atoms with Gasteiger partial charge in [0.05, 0.1) is 12.9 Å². The van der Waals surface area contributed by atoms with E-state index in [1.807, 2.05) is 0 Å². The molecular formula is C13H19N5O5. The van der Waals surface area contributed by atoms with Crippen LogP contribution in [0.2, 0.25) is 0 Å². The standard InChI is InChI=1S/C13H19N5O5/c1-13(22-3)8(21-2)6(4-19)23-11(13)18-5-15-7-9(18)16-12(14)17-10(7)20/h5-6,8,11,19H,4H2,1-3H3,(H3,14,16,17,20)/t6-,8-,11-,13-/m1/s1. The van der Waals surface area contributed by atoms with Gasteiger partial charge in [-0.05, 0) is 6.92 Å². The third-order valence-corrected chi connectivity index (χ3v) is 4.27. The number of nitrogens with two attached hydrogens (primary N) is 1. The van der Waals surface area contributed by atoms with Gasteiger partial charge in [-0.25, -0.2) is 4.98 Å². The number of H-pyrrole nitrogens is 1. The molecule has 0 aliphatic carbocycles. The molecule has 0 spiro atoms. The van der Waals surface area contributed by atoms with Crippen molar-refractivity contribution in [3.8, 4) is 0 Å². The van der Waals surface area contributed by atoms with Crippen molar-refractivity contribution in [2.45, 2.75) is 31.0 Å². The molecule has 3 rings (SSSR count). The van der Waals surface area contributed by atoms with Crippen molar-refractivity contribution in [3.05, 3.63) is 16.7 Å². The molecule has 10 nitrogen and oxygen atoms in total. The molecule has 2 aromatic heterocycles. The van der Waals surface area contributed by atoms with Gasteiger partial charge in [-0.2, -0.15) is 4.98 Å². The molecule has 23 heavy (non-hydrogen) atoms. The Balaban J connectivity index is 2.16. The van der Waals surface area contributed by atoms with E-state index in [1.54, 1.807) is 11.5 Å². The summed E-state index contributed by atoms with van der Waals surface area (Å²) in [6, 6.07) is 0. The Morgan fingerprint density at radius 2 is 2.30 bits per heavy atom. The summed E-state index contributed by atoms with van der Waals surface area (Å²) in [5.41, 5.74) is 4.67. The number of aliphatic hydroxyl groups excluding tert-OH is 1. The number of nitrogens with one attached hydrogen (secondary N) is 1. The number of hydrogen-bond donors (Lipinski definition) is 3. The maximum absolute atomic E-state index is 11.9.